The Bertz CT molecular complexity index is 865. The Morgan fingerprint density at radius 1 is 1.19 bits per heavy atom. The molecule has 0 aromatic heterocycles. The summed E-state index contributed by atoms with van der Waals surface area (Å²) >= 11 is 5.92. The molecule has 0 saturated heterocycles. The van der Waals surface area contributed by atoms with E-state index in [-0.39, 0.29) is 16.8 Å². The van der Waals surface area contributed by atoms with E-state index < -0.39 is 15.9 Å². The van der Waals surface area contributed by atoms with Gasteiger partial charge in [0.25, 0.3) is 5.91 Å². The van der Waals surface area contributed by atoms with Crippen LogP contribution in [-0.4, -0.2) is 26.7 Å². The monoisotopic (exact) mass is 395 g/mol. The van der Waals surface area contributed by atoms with Crippen molar-refractivity contribution in [2.24, 2.45) is 0 Å². The molecule has 26 heavy (non-hydrogen) atoms. The molecule has 2 rings (SSSR count). The van der Waals surface area contributed by atoms with Crippen LogP contribution in [0.1, 0.15) is 31.9 Å². The number of nitrogens with one attached hydrogen (secondary N) is 1. The molecule has 0 bridgehead atoms. The van der Waals surface area contributed by atoms with Gasteiger partial charge in [-0.1, -0.05) is 36.7 Å². The number of hydrogen-bond acceptors (Lipinski definition) is 4. The van der Waals surface area contributed by atoms with E-state index in [0.717, 1.165) is 11.8 Å². The normalized spacial score (nSPS) is 13.7. The van der Waals surface area contributed by atoms with Gasteiger partial charge in [0.1, 0.15) is 5.75 Å². The highest BCUT2D eigenvalue weighted by Gasteiger charge is 2.20. The van der Waals surface area contributed by atoms with Gasteiger partial charge in [-0.15, -0.1) is 0 Å². The number of carbonyl (C=O) groups is 1. The quantitative estimate of drug-likeness (QED) is 0.774. The molecule has 2 aromatic carbocycles. The smallest absolute Gasteiger partial charge is 0.261 e. The first-order valence-electron chi connectivity index (χ1n) is 8.23. The van der Waals surface area contributed by atoms with Crippen molar-refractivity contribution in [1.82, 2.24) is 5.32 Å². The molecule has 7 heteroatoms. The number of benzene rings is 2. The number of amides is 1. The molecule has 1 N–H and O–H groups in total. The van der Waals surface area contributed by atoms with Gasteiger partial charge in [-0.2, -0.15) is 0 Å². The zero-order valence-corrected chi connectivity index (χ0v) is 16.5. The number of ether oxygens (including phenoxy) is 1. The Balaban J connectivity index is 2.05. The third-order valence-electron chi connectivity index (χ3n) is 3.91. The highest BCUT2D eigenvalue weighted by Crippen LogP contribution is 2.21. The SMILES string of the molecule is CC[C@@H](NC(=O)[C@H](C)Oc1cccc(Cl)c1)c1ccc(S(C)(=O)=O)cc1. The van der Waals surface area contributed by atoms with Gasteiger partial charge < -0.3 is 10.1 Å². The van der Waals surface area contributed by atoms with Crippen molar-refractivity contribution in [3.8, 4) is 5.75 Å². The van der Waals surface area contributed by atoms with Crippen LogP contribution in [0, 0.1) is 0 Å². The van der Waals surface area contributed by atoms with Gasteiger partial charge in [0, 0.05) is 11.3 Å². The minimum absolute atomic E-state index is 0.235. The van der Waals surface area contributed by atoms with E-state index >= 15 is 0 Å². The van der Waals surface area contributed by atoms with Gasteiger partial charge in [0.2, 0.25) is 0 Å². The second-order valence-electron chi connectivity index (χ2n) is 6.03. The molecule has 2 atom stereocenters. The second kappa shape index (κ2) is 8.56. The van der Waals surface area contributed by atoms with Gasteiger partial charge in [-0.25, -0.2) is 8.42 Å². The average molecular weight is 396 g/mol. The molecule has 5 nitrogen and oxygen atoms in total. The Hall–Kier alpha value is -2.05. The zero-order valence-electron chi connectivity index (χ0n) is 14.9. The molecule has 0 radical (unpaired) electrons. The Labute approximate surface area is 159 Å². The Morgan fingerprint density at radius 2 is 1.85 bits per heavy atom. The van der Waals surface area contributed by atoms with Crippen molar-refractivity contribution in [1.29, 1.82) is 0 Å². The summed E-state index contributed by atoms with van der Waals surface area (Å²) in [5.41, 5.74) is 0.836. The first-order valence-corrected chi connectivity index (χ1v) is 10.5. The standard InChI is InChI=1S/C19H22ClNO4S/c1-4-18(14-8-10-17(11-9-14)26(3,23)24)21-19(22)13(2)25-16-7-5-6-15(20)12-16/h5-13,18H,4H2,1-3H3,(H,21,22)/t13-,18+/m0/s1. The lowest BCUT2D eigenvalue weighted by molar-refractivity contribution is -0.128. The van der Waals surface area contributed by atoms with Gasteiger partial charge in [0.05, 0.1) is 10.9 Å². The lowest BCUT2D eigenvalue weighted by atomic mass is 10.0. The summed E-state index contributed by atoms with van der Waals surface area (Å²) in [4.78, 5) is 12.7. The lowest BCUT2D eigenvalue weighted by Crippen LogP contribution is -2.38. The zero-order chi connectivity index (χ0) is 19.3. The molecule has 0 aliphatic heterocycles. The highest BCUT2D eigenvalue weighted by atomic mass is 35.5. The van der Waals surface area contributed by atoms with E-state index in [1.165, 1.54) is 0 Å². The fraction of sp³-hybridized carbons (Fsp3) is 0.316. The minimum atomic E-state index is -3.24. The minimum Gasteiger partial charge on any atom is -0.481 e. The number of halogens is 1. The molecule has 1 amide bonds. The van der Waals surface area contributed by atoms with Crippen molar-refractivity contribution in [3.63, 3.8) is 0 Å². The summed E-state index contributed by atoms with van der Waals surface area (Å²) < 4.78 is 28.7. The fourth-order valence-corrected chi connectivity index (χ4v) is 3.27. The number of sulfone groups is 1. The molecule has 2 aromatic rings. The molecule has 0 aliphatic rings. The highest BCUT2D eigenvalue weighted by molar-refractivity contribution is 7.90. The maximum atomic E-state index is 12.4. The summed E-state index contributed by atoms with van der Waals surface area (Å²) in [7, 11) is -3.24. The van der Waals surface area contributed by atoms with E-state index in [0.29, 0.717) is 17.2 Å². The summed E-state index contributed by atoms with van der Waals surface area (Å²) in [6, 6.07) is 13.1. The maximum absolute atomic E-state index is 12.4. The molecule has 0 aliphatic carbocycles. The first kappa shape index (κ1) is 20.3. The number of hydrogen-bond donors (Lipinski definition) is 1. The van der Waals surface area contributed by atoms with Crippen molar-refractivity contribution >= 4 is 27.3 Å². The van der Waals surface area contributed by atoms with Crippen LogP contribution in [0.5, 0.6) is 5.75 Å². The molecule has 140 valence electrons. The first-order chi connectivity index (χ1) is 12.2. The Morgan fingerprint density at radius 3 is 2.38 bits per heavy atom. The number of carbonyl (C=O) groups excluding carboxylic acids is 1. The van der Waals surface area contributed by atoms with E-state index in [4.69, 9.17) is 16.3 Å². The summed E-state index contributed by atoms with van der Waals surface area (Å²) in [6.45, 7) is 3.60. The molecular formula is C19H22ClNO4S. The van der Waals surface area contributed by atoms with E-state index in [9.17, 15) is 13.2 Å². The summed E-state index contributed by atoms with van der Waals surface area (Å²) in [5, 5.41) is 3.46. The predicted octanol–water partition coefficient (Wildman–Crippen LogP) is 3.78. The van der Waals surface area contributed by atoms with Crippen molar-refractivity contribution < 1.29 is 17.9 Å². The third kappa shape index (κ3) is 5.47. The van der Waals surface area contributed by atoms with Crippen LogP contribution in [0.2, 0.25) is 5.02 Å². The number of rotatable bonds is 7. The van der Waals surface area contributed by atoms with Crippen LogP contribution in [0.4, 0.5) is 0 Å². The van der Waals surface area contributed by atoms with Gasteiger partial charge >= 0.3 is 0 Å². The van der Waals surface area contributed by atoms with Crippen molar-refractivity contribution in [3.05, 3.63) is 59.1 Å². The van der Waals surface area contributed by atoms with E-state index in [2.05, 4.69) is 5.32 Å². The van der Waals surface area contributed by atoms with E-state index in [1.54, 1.807) is 55.5 Å². The van der Waals surface area contributed by atoms with Gasteiger partial charge in [0.15, 0.2) is 15.9 Å². The van der Waals surface area contributed by atoms with Crippen LogP contribution >= 0.6 is 11.6 Å². The topological polar surface area (TPSA) is 72.5 Å². The van der Waals surface area contributed by atoms with Gasteiger partial charge in [-0.3, -0.25) is 4.79 Å². The molecule has 0 spiro atoms. The Kier molecular flexibility index (Phi) is 6.67. The maximum Gasteiger partial charge on any atom is 0.261 e. The molecule has 0 heterocycles. The third-order valence-corrected chi connectivity index (χ3v) is 5.28. The average Bonchev–Trinajstić information content (AvgIpc) is 2.58. The summed E-state index contributed by atoms with van der Waals surface area (Å²) in [6.07, 6.45) is 1.13. The molecule has 0 fully saturated rings. The van der Waals surface area contributed by atoms with Crippen molar-refractivity contribution in [2.45, 2.75) is 37.3 Å². The predicted molar refractivity (Wildman–Crippen MR) is 102 cm³/mol. The fourth-order valence-electron chi connectivity index (χ4n) is 2.46. The summed E-state index contributed by atoms with van der Waals surface area (Å²) in [5.74, 6) is 0.259. The van der Waals surface area contributed by atoms with Crippen LogP contribution in [0.15, 0.2) is 53.4 Å². The molecule has 0 saturated carbocycles. The molecular weight excluding hydrogens is 374 g/mol. The second-order valence-corrected chi connectivity index (χ2v) is 8.48. The van der Waals surface area contributed by atoms with Crippen LogP contribution in [0.3, 0.4) is 0 Å². The van der Waals surface area contributed by atoms with E-state index in [1.807, 2.05) is 6.92 Å². The largest absolute Gasteiger partial charge is 0.481 e. The van der Waals surface area contributed by atoms with Gasteiger partial charge in [-0.05, 0) is 49.2 Å². The molecule has 0 unspecified atom stereocenters. The van der Waals surface area contributed by atoms with Crippen LogP contribution in [0.25, 0.3) is 0 Å². The van der Waals surface area contributed by atoms with Crippen LogP contribution < -0.4 is 10.1 Å². The van der Waals surface area contributed by atoms with Crippen LogP contribution in [-0.2, 0) is 14.6 Å². The lowest BCUT2D eigenvalue weighted by Gasteiger charge is -2.21. The van der Waals surface area contributed by atoms with Crippen molar-refractivity contribution in [2.75, 3.05) is 6.26 Å².